The fourth-order valence-electron chi connectivity index (χ4n) is 0.888. The van der Waals surface area contributed by atoms with E-state index in [4.69, 9.17) is 9.52 Å². The first-order chi connectivity index (χ1) is 5.89. The minimum atomic E-state index is -0.895. The number of carbonyl (C=O) groups is 1. The predicted octanol–water partition coefficient (Wildman–Crippen LogP) is 1.60. The van der Waals surface area contributed by atoms with Crippen molar-refractivity contribution in [3.63, 3.8) is 0 Å². The summed E-state index contributed by atoms with van der Waals surface area (Å²) < 4.78 is 5.16. The number of aromatic nitrogens is 1. The summed E-state index contributed by atoms with van der Waals surface area (Å²) in [6.07, 6.45) is 1.31. The van der Waals surface area contributed by atoms with Crippen LogP contribution in [0.3, 0.4) is 0 Å². The van der Waals surface area contributed by atoms with Crippen molar-refractivity contribution >= 4 is 5.97 Å². The van der Waals surface area contributed by atoms with Crippen LogP contribution in [-0.4, -0.2) is 16.1 Å². The van der Waals surface area contributed by atoms with Gasteiger partial charge in [0.05, 0.1) is 12.1 Å². The van der Waals surface area contributed by atoms with E-state index in [1.807, 2.05) is 20.8 Å². The first-order valence-electron chi connectivity index (χ1n) is 4.06. The van der Waals surface area contributed by atoms with Crippen molar-refractivity contribution in [2.24, 2.45) is 0 Å². The molecule has 4 nitrogen and oxygen atoms in total. The van der Waals surface area contributed by atoms with E-state index < -0.39 is 5.97 Å². The lowest BCUT2D eigenvalue weighted by Gasteiger charge is -2.11. The quantitative estimate of drug-likeness (QED) is 0.756. The molecule has 1 N–H and O–H groups in total. The Bertz CT molecular complexity index is 309. The molecule has 0 aromatic carbocycles. The third kappa shape index (κ3) is 2.57. The SMILES string of the molecule is CC(C)(C)c1nc(CC(=O)O)co1. The summed E-state index contributed by atoms with van der Waals surface area (Å²) in [6.45, 7) is 5.89. The molecular formula is C9H13NO3. The number of carboxylic acids is 1. The van der Waals surface area contributed by atoms with Crippen LogP contribution in [0.4, 0.5) is 0 Å². The number of aliphatic carboxylic acids is 1. The molecule has 0 aliphatic carbocycles. The van der Waals surface area contributed by atoms with Gasteiger partial charge in [-0.2, -0.15) is 0 Å². The van der Waals surface area contributed by atoms with Crippen LogP contribution in [0.5, 0.6) is 0 Å². The highest BCUT2D eigenvalue weighted by Crippen LogP contribution is 2.20. The molecule has 0 bridgehead atoms. The molecule has 1 heterocycles. The van der Waals surface area contributed by atoms with Crippen LogP contribution in [0.15, 0.2) is 10.7 Å². The highest BCUT2D eigenvalue weighted by Gasteiger charge is 2.20. The zero-order chi connectivity index (χ0) is 10.1. The normalized spacial score (nSPS) is 11.6. The van der Waals surface area contributed by atoms with E-state index in [0.717, 1.165) is 0 Å². The Hall–Kier alpha value is -1.32. The molecule has 0 radical (unpaired) electrons. The third-order valence-electron chi connectivity index (χ3n) is 1.53. The Kier molecular flexibility index (Phi) is 2.40. The van der Waals surface area contributed by atoms with Gasteiger partial charge in [0.2, 0.25) is 0 Å². The second-order valence-electron chi connectivity index (χ2n) is 3.96. The fraction of sp³-hybridized carbons (Fsp3) is 0.556. The maximum atomic E-state index is 10.3. The van der Waals surface area contributed by atoms with Crippen molar-refractivity contribution < 1.29 is 14.3 Å². The molecule has 0 unspecified atom stereocenters. The molecule has 4 heteroatoms. The zero-order valence-corrected chi connectivity index (χ0v) is 8.00. The van der Waals surface area contributed by atoms with Crippen LogP contribution < -0.4 is 0 Å². The van der Waals surface area contributed by atoms with E-state index in [1.54, 1.807) is 0 Å². The average Bonchev–Trinajstić information content (AvgIpc) is 2.32. The predicted molar refractivity (Wildman–Crippen MR) is 46.5 cm³/mol. The lowest BCUT2D eigenvalue weighted by atomic mass is 9.97. The molecular weight excluding hydrogens is 170 g/mol. The molecule has 1 aromatic heterocycles. The van der Waals surface area contributed by atoms with Gasteiger partial charge in [-0.1, -0.05) is 20.8 Å². The average molecular weight is 183 g/mol. The first kappa shape index (κ1) is 9.77. The van der Waals surface area contributed by atoms with Crippen LogP contribution in [0.1, 0.15) is 32.4 Å². The second kappa shape index (κ2) is 3.20. The molecule has 0 fully saturated rings. The number of oxazole rings is 1. The van der Waals surface area contributed by atoms with Gasteiger partial charge >= 0.3 is 5.97 Å². The molecule has 0 saturated carbocycles. The van der Waals surface area contributed by atoms with Gasteiger partial charge in [-0.25, -0.2) is 4.98 Å². The van der Waals surface area contributed by atoms with E-state index in [9.17, 15) is 4.79 Å². The highest BCUT2D eigenvalue weighted by molar-refractivity contribution is 5.69. The molecule has 0 aliphatic rings. The van der Waals surface area contributed by atoms with Crippen molar-refractivity contribution in [2.45, 2.75) is 32.6 Å². The van der Waals surface area contributed by atoms with Gasteiger partial charge in [0, 0.05) is 5.41 Å². The van der Waals surface area contributed by atoms with Crippen molar-refractivity contribution in [1.82, 2.24) is 4.98 Å². The molecule has 0 atom stereocenters. The Labute approximate surface area is 76.6 Å². The van der Waals surface area contributed by atoms with Crippen LogP contribution >= 0.6 is 0 Å². The van der Waals surface area contributed by atoms with Crippen molar-refractivity contribution in [3.05, 3.63) is 17.8 Å². The summed E-state index contributed by atoms with van der Waals surface area (Å²) in [5, 5.41) is 8.50. The lowest BCUT2D eigenvalue weighted by Crippen LogP contribution is -2.12. The highest BCUT2D eigenvalue weighted by atomic mass is 16.4. The number of rotatable bonds is 2. The molecule has 1 aromatic rings. The van der Waals surface area contributed by atoms with E-state index in [-0.39, 0.29) is 11.8 Å². The van der Waals surface area contributed by atoms with Gasteiger partial charge in [-0.05, 0) is 0 Å². The van der Waals surface area contributed by atoms with E-state index in [0.29, 0.717) is 11.6 Å². The Morgan fingerprint density at radius 2 is 2.23 bits per heavy atom. The minimum Gasteiger partial charge on any atom is -0.481 e. The number of hydrogen-bond acceptors (Lipinski definition) is 3. The van der Waals surface area contributed by atoms with Crippen LogP contribution in [0.25, 0.3) is 0 Å². The van der Waals surface area contributed by atoms with Crippen molar-refractivity contribution in [1.29, 1.82) is 0 Å². The van der Waals surface area contributed by atoms with Gasteiger partial charge in [0.15, 0.2) is 5.89 Å². The van der Waals surface area contributed by atoms with Crippen molar-refractivity contribution in [3.8, 4) is 0 Å². The van der Waals surface area contributed by atoms with Crippen LogP contribution in [0, 0.1) is 0 Å². The molecule has 13 heavy (non-hydrogen) atoms. The van der Waals surface area contributed by atoms with Crippen LogP contribution in [0.2, 0.25) is 0 Å². The topological polar surface area (TPSA) is 63.3 Å². The summed E-state index contributed by atoms with van der Waals surface area (Å²) in [6, 6.07) is 0. The molecule has 0 aliphatic heterocycles. The Morgan fingerprint density at radius 3 is 2.62 bits per heavy atom. The van der Waals surface area contributed by atoms with Gasteiger partial charge in [0.1, 0.15) is 6.26 Å². The monoisotopic (exact) mass is 183 g/mol. The zero-order valence-electron chi connectivity index (χ0n) is 8.00. The smallest absolute Gasteiger partial charge is 0.309 e. The van der Waals surface area contributed by atoms with Gasteiger partial charge in [0.25, 0.3) is 0 Å². The molecule has 72 valence electrons. The van der Waals surface area contributed by atoms with Crippen molar-refractivity contribution in [2.75, 3.05) is 0 Å². The lowest BCUT2D eigenvalue weighted by molar-refractivity contribution is -0.136. The molecule has 0 saturated heterocycles. The standard InChI is InChI=1S/C9H13NO3/c1-9(2,3)8-10-6(5-13-8)4-7(11)12/h5H,4H2,1-3H3,(H,11,12). The van der Waals surface area contributed by atoms with Crippen LogP contribution in [-0.2, 0) is 16.6 Å². The summed E-state index contributed by atoms with van der Waals surface area (Å²) >= 11 is 0. The maximum absolute atomic E-state index is 10.3. The number of hydrogen-bond donors (Lipinski definition) is 1. The maximum Gasteiger partial charge on any atom is 0.309 e. The first-order valence-corrected chi connectivity index (χ1v) is 4.06. The molecule has 0 spiro atoms. The summed E-state index contributed by atoms with van der Waals surface area (Å²) in [7, 11) is 0. The van der Waals surface area contributed by atoms with E-state index >= 15 is 0 Å². The summed E-state index contributed by atoms with van der Waals surface area (Å²) in [5.41, 5.74) is 0.300. The molecule has 1 rings (SSSR count). The van der Waals surface area contributed by atoms with E-state index in [2.05, 4.69) is 4.98 Å². The number of nitrogens with zero attached hydrogens (tertiary/aromatic N) is 1. The molecule has 0 amide bonds. The fourth-order valence-corrected chi connectivity index (χ4v) is 0.888. The second-order valence-corrected chi connectivity index (χ2v) is 3.96. The Morgan fingerprint density at radius 1 is 1.62 bits per heavy atom. The number of carboxylic acid groups (broad SMARTS) is 1. The van der Waals surface area contributed by atoms with Gasteiger partial charge in [-0.3, -0.25) is 4.79 Å². The minimum absolute atomic E-state index is 0.0837. The Balaban J connectivity index is 2.81. The summed E-state index contributed by atoms with van der Waals surface area (Å²) in [4.78, 5) is 14.4. The van der Waals surface area contributed by atoms with Gasteiger partial charge in [-0.15, -0.1) is 0 Å². The largest absolute Gasteiger partial charge is 0.481 e. The summed E-state index contributed by atoms with van der Waals surface area (Å²) in [5.74, 6) is -0.322. The van der Waals surface area contributed by atoms with E-state index in [1.165, 1.54) is 6.26 Å². The van der Waals surface area contributed by atoms with Gasteiger partial charge < -0.3 is 9.52 Å². The third-order valence-corrected chi connectivity index (χ3v) is 1.53.